The maximum absolute atomic E-state index is 14.2. The Balaban J connectivity index is 1.30. The lowest BCUT2D eigenvalue weighted by atomic mass is 9.74. The van der Waals surface area contributed by atoms with Gasteiger partial charge in [0.15, 0.2) is 0 Å². The third kappa shape index (κ3) is 4.64. The van der Waals surface area contributed by atoms with E-state index in [0.717, 1.165) is 36.8 Å². The SMILES string of the molecule is Cc1ccc(CN2C(=O)[C@H]3C(C(=O)Nc4ccc(C(C)C)cc4)[C@H]4C=CC3(O4)C2C(=O)NC2CCCCC2)cc1. The van der Waals surface area contributed by atoms with Crippen LogP contribution in [0.3, 0.4) is 0 Å². The molecule has 2 N–H and O–H groups in total. The van der Waals surface area contributed by atoms with Gasteiger partial charge in [-0.05, 0) is 48.9 Å². The molecular weight excluding hydrogens is 502 g/mol. The summed E-state index contributed by atoms with van der Waals surface area (Å²) in [7, 11) is 0. The quantitative estimate of drug-likeness (QED) is 0.491. The first kappa shape index (κ1) is 26.8. The highest BCUT2D eigenvalue weighted by molar-refractivity contribution is 6.02. The normalized spacial score (nSPS) is 29.2. The van der Waals surface area contributed by atoms with Crippen LogP contribution in [0.1, 0.15) is 68.6 Å². The van der Waals surface area contributed by atoms with Gasteiger partial charge in [0.2, 0.25) is 17.7 Å². The van der Waals surface area contributed by atoms with E-state index in [1.54, 1.807) is 4.90 Å². The Hall–Kier alpha value is -3.45. The minimum absolute atomic E-state index is 0.100. The number of rotatable bonds is 7. The van der Waals surface area contributed by atoms with Crippen molar-refractivity contribution in [1.82, 2.24) is 10.2 Å². The number of aryl methyl sites for hydroxylation is 1. The number of ether oxygens (including phenoxy) is 1. The average Bonchev–Trinajstić information content (AvgIpc) is 3.58. The van der Waals surface area contributed by atoms with E-state index in [0.29, 0.717) is 11.6 Å². The van der Waals surface area contributed by atoms with Crippen molar-refractivity contribution in [1.29, 1.82) is 0 Å². The zero-order chi connectivity index (χ0) is 28.0. The number of benzene rings is 2. The van der Waals surface area contributed by atoms with Crippen LogP contribution in [0.2, 0.25) is 0 Å². The molecule has 2 saturated heterocycles. The minimum Gasteiger partial charge on any atom is -0.359 e. The number of carbonyl (C=O) groups is 3. The summed E-state index contributed by atoms with van der Waals surface area (Å²) in [6.45, 7) is 6.56. The molecule has 1 spiro atoms. The number of likely N-dealkylation sites (tertiary alicyclic amines) is 1. The number of nitrogens with zero attached hydrogens (tertiary/aromatic N) is 1. The lowest BCUT2D eigenvalue weighted by Gasteiger charge is -2.34. The van der Waals surface area contributed by atoms with Gasteiger partial charge >= 0.3 is 0 Å². The highest BCUT2D eigenvalue weighted by atomic mass is 16.5. The second-order valence-corrected chi connectivity index (χ2v) is 12.3. The fraction of sp³-hybridized carbons (Fsp3) is 0.485. The number of nitrogens with one attached hydrogen (secondary N) is 2. The first-order valence-corrected chi connectivity index (χ1v) is 14.7. The number of fused-ring (bicyclic) bond motifs is 1. The standard InChI is InChI=1S/C33H39N3O4/c1-20(2)23-13-15-25(16-14-23)34-30(37)27-26-17-18-33(40-26)28(27)32(39)36(19-22-11-9-21(3)10-12-22)29(33)31(38)35-24-7-5-4-6-8-24/h9-18,20,24,26-29H,4-8,19H2,1-3H3,(H,34,37)(H,35,38)/t26-,27?,28-,29?,33?/m1/s1. The minimum atomic E-state index is -1.16. The molecule has 0 aromatic heterocycles. The molecule has 210 valence electrons. The highest BCUT2D eigenvalue weighted by Crippen LogP contribution is 2.55. The molecule has 40 heavy (non-hydrogen) atoms. The Morgan fingerprint density at radius 3 is 2.38 bits per heavy atom. The molecule has 3 aliphatic heterocycles. The van der Waals surface area contributed by atoms with E-state index >= 15 is 0 Å². The van der Waals surface area contributed by atoms with Gasteiger partial charge in [-0.1, -0.05) is 87.2 Å². The van der Waals surface area contributed by atoms with E-state index < -0.39 is 29.6 Å². The molecule has 3 fully saturated rings. The molecule has 5 atom stereocenters. The van der Waals surface area contributed by atoms with Crippen molar-refractivity contribution in [3.63, 3.8) is 0 Å². The summed E-state index contributed by atoms with van der Waals surface area (Å²) >= 11 is 0. The molecule has 2 aromatic rings. The van der Waals surface area contributed by atoms with Crippen LogP contribution < -0.4 is 10.6 Å². The molecule has 2 bridgehead atoms. The van der Waals surface area contributed by atoms with E-state index in [2.05, 4.69) is 24.5 Å². The van der Waals surface area contributed by atoms with Crippen LogP contribution in [0.15, 0.2) is 60.7 Å². The number of anilines is 1. The molecule has 7 nitrogen and oxygen atoms in total. The van der Waals surface area contributed by atoms with Gasteiger partial charge in [0, 0.05) is 18.3 Å². The Bertz CT molecular complexity index is 1310. The van der Waals surface area contributed by atoms with E-state index in [1.165, 1.54) is 12.0 Å². The summed E-state index contributed by atoms with van der Waals surface area (Å²) in [6.07, 6.45) is 8.46. The fourth-order valence-corrected chi connectivity index (χ4v) is 7.03. The smallest absolute Gasteiger partial charge is 0.246 e. The molecule has 3 unspecified atom stereocenters. The number of hydrogen-bond donors (Lipinski definition) is 2. The number of hydrogen-bond acceptors (Lipinski definition) is 4. The topological polar surface area (TPSA) is 87.7 Å². The largest absolute Gasteiger partial charge is 0.359 e. The average molecular weight is 542 g/mol. The van der Waals surface area contributed by atoms with Gasteiger partial charge < -0.3 is 20.3 Å². The molecule has 0 radical (unpaired) electrons. The Morgan fingerprint density at radius 2 is 1.70 bits per heavy atom. The second kappa shape index (κ2) is 10.5. The van der Waals surface area contributed by atoms with E-state index in [4.69, 9.17) is 4.74 Å². The fourth-order valence-electron chi connectivity index (χ4n) is 7.03. The van der Waals surface area contributed by atoms with Crippen molar-refractivity contribution >= 4 is 23.4 Å². The van der Waals surface area contributed by atoms with Crippen molar-refractivity contribution < 1.29 is 19.1 Å². The van der Waals surface area contributed by atoms with Gasteiger partial charge in [-0.25, -0.2) is 0 Å². The van der Waals surface area contributed by atoms with Crippen LogP contribution in [-0.2, 0) is 25.7 Å². The molecule has 2 aromatic carbocycles. The number of carbonyl (C=O) groups excluding carboxylic acids is 3. The predicted octanol–water partition coefficient (Wildman–Crippen LogP) is 4.86. The maximum Gasteiger partial charge on any atom is 0.246 e. The zero-order valence-electron chi connectivity index (χ0n) is 23.6. The maximum atomic E-state index is 14.2. The monoisotopic (exact) mass is 541 g/mol. The van der Waals surface area contributed by atoms with Crippen LogP contribution in [-0.4, -0.2) is 46.4 Å². The van der Waals surface area contributed by atoms with Crippen LogP contribution in [0, 0.1) is 18.8 Å². The molecule has 3 amide bonds. The summed E-state index contributed by atoms with van der Waals surface area (Å²) in [5.41, 5.74) is 2.78. The van der Waals surface area contributed by atoms with Gasteiger partial charge in [0.1, 0.15) is 11.6 Å². The van der Waals surface area contributed by atoms with E-state index in [-0.39, 0.29) is 30.3 Å². The van der Waals surface area contributed by atoms with Crippen molar-refractivity contribution in [2.45, 2.75) is 89.1 Å². The third-order valence-electron chi connectivity index (χ3n) is 9.19. The highest BCUT2D eigenvalue weighted by Gasteiger charge is 2.72. The second-order valence-electron chi connectivity index (χ2n) is 12.3. The van der Waals surface area contributed by atoms with Gasteiger partial charge in [-0.3, -0.25) is 14.4 Å². The van der Waals surface area contributed by atoms with E-state index in [1.807, 2.05) is 67.6 Å². The first-order valence-electron chi connectivity index (χ1n) is 14.7. The molecule has 7 heteroatoms. The summed E-state index contributed by atoms with van der Waals surface area (Å²) in [5.74, 6) is -1.73. The van der Waals surface area contributed by atoms with Crippen LogP contribution >= 0.6 is 0 Å². The molecule has 1 aliphatic carbocycles. The van der Waals surface area contributed by atoms with Crippen LogP contribution in [0.25, 0.3) is 0 Å². The van der Waals surface area contributed by atoms with Crippen molar-refractivity contribution in [3.05, 3.63) is 77.4 Å². The number of amides is 3. The van der Waals surface area contributed by atoms with E-state index in [9.17, 15) is 14.4 Å². The molecule has 4 aliphatic rings. The van der Waals surface area contributed by atoms with Gasteiger partial charge in [0.05, 0.1) is 17.9 Å². The zero-order valence-corrected chi connectivity index (χ0v) is 23.6. The van der Waals surface area contributed by atoms with Crippen molar-refractivity contribution in [3.8, 4) is 0 Å². The lowest BCUT2D eigenvalue weighted by molar-refractivity contribution is -0.142. The van der Waals surface area contributed by atoms with Crippen molar-refractivity contribution in [2.24, 2.45) is 11.8 Å². The predicted molar refractivity (Wildman–Crippen MR) is 153 cm³/mol. The Kier molecular flexibility index (Phi) is 7.03. The lowest BCUT2D eigenvalue weighted by Crippen LogP contribution is -2.56. The summed E-state index contributed by atoms with van der Waals surface area (Å²) < 4.78 is 6.49. The first-order chi connectivity index (χ1) is 19.3. The summed E-state index contributed by atoms with van der Waals surface area (Å²) in [6, 6.07) is 15.1. The summed E-state index contributed by atoms with van der Waals surface area (Å²) in [5, 5.41) is 6.27. The van der Waals surface area contributed by atoms with Gasteiger partial charge in [-0.2, -0.15) is 0 Å². The Labute approximate surface area is 236 Å². The van der Waals surface area contributed by atoms with Crippen LogP contribution in [0.5, 0.6) is 0 Å². The van der Waals surface area contributed by atoms with Gasteiger partial charge in [-0.15, -0.1) is 0 Å². The van der Waals surface area contributed by atoms with Crippen molar-refractivity contribution in [2.75, 3.05) is 5.32 Å². The molecule has 6 rings (SSSR count). The molecule has 1 saturated carbocycles. The van der Waals surface area contributed by atoms with Crippen LogP contribution in [0.4, 0.5) is 5.69 Å². The third-order valence-corrected chi connectivity index (χ3v) is 9.19. The molecule has 3 heterocycles. The molecular formula is C33H39N3O4. The van der Waals surface area contributed by atoms with Gasteiger partial charge in [0.25, 0.3) is 0 Å². The Morgan fingerprint density at radius 1 is 1.00 bits per heavy atom. The summed E-state index contributed by atoms with van der Waals surface area (Å²) in [4.78, 5) is 43.5.